The number of aryl methyl sites for hydroxylation is 2. The van der Waals surface area contributed by atoms with Crippen molar-refractivity contribution in [2.24, 2.45) is 0 Å². The number of hydrogen-bond donors (Lipinski definition) is 0. The molecule has 7 heteroatoms. The van der Waals surface area contributed by atoms with E-state index in [1.54, 1.807) is 23.1 Å². The highest BCUT2D eigenvalue weighted by Crippen LogP contribution is 2.34. The summed E-state index contributed by atoms with van der Waals surface area (Å²) < 4.78 is 1.06. The maximum absolute atomic E-state index is 13.1. The van der Waals surface area contributed by atoms with E-state index in [2.05, 4.69) is 36.1 Å². The second kappa shape index (κ2) is 10.6. The largest absolute Gasteiger partial charge is 0.308 e. The van der Waals surface area contributed by atoms with Crippen molar-refractivity contribution in [2.45, 2.75) is 31.6 Å². The van der Waals surface area contributed by atoms with E-state index in [0.717, 1.165) is 39.6 Å². The van der Waals surface area contributed by atoms with Crippen LogP contribution in [0.4, 0.5) is 5.13 Å². The molecule has 2 aromatic carbocycles. The molecular weight excluding hydrogens is 434 g/mol. The van der Waals surface area contributed by atoms with Crippen LogP contribution in [0.2, 0.25) is 5.02 Å². The van der Waals surface area contributed by atoms with Crippen molar-refractivity contribution in [3.8, 4) is 0 Å². The maximum atomic E-state index is 13.1. The van der Waals surface area contributed by atoms with E-state index in [1.165, 1.54) is 10.5 Å². The van der Waals surface area contributed by atoms with Gasteiger partial charge in [0.2, 0.25) is 5.91 Å². The van der Waals surface area contributed by atoms with Crippen LogP contribution in [0.25, 0.3) is 10.2 Å². The molecule has 30 heavy (non-hydrogen) atoms. The smallest absolute Gasteiger partial charge is 0.228 e. The Morgan fingerprint density at radius 1 is 1.10 bits per heavy atom. The molecule has 1 heterocycles. The zero-order valence-electron chi connectivity index (χ0n) is 17.9. The first-order chi connectivity index (χ1) is 14.3. The number of halogens is 1. The number of thioether (sulfide) groups is 1. The molecule has 0 spiro atoms. The fourth-order valence-corrected chi connectivity index (χ4v) is 5.09. The molecule has 0 atom stereocenters. The summed E-state index contributed by atoms with van der Waals surface area (Å²) in [6.07, 6.45) is 1.35. The summed E-state index contributed by atoms with van der Waals surface area (Å²) in [7, 11) is 4.03. The summed E-state index contributed by atoms with van der Waals surface area (Å²) in [5.41, 5.74) is 3.12. The van der Waals surface area contributed by atoms with Crippen LogP contribution >= 0.6 is 34.7 Å². The molecule has 0 aliphatic rings. The van der Waals surface area contributed by atoms with Gasteiger partial charge in [0.15, 0.2) is 5.13 Å². The van der Waals surface area contributed by atoms with Gasteiger partial charge in [-0.2, -0.15) is 0 Å². The quantitative estimate of drug-likeness (QED) is 0.288. The zero-order valence-corrected chi connectivity index (χ0v) is 20.3. The molecule has 0 saturated heterocycles. The lowest BCUT2D eigenvalue weighted by Crippen LogP contribution is -2.36. The average Bonchev–Trinajstić information content (AvgIpc) is 3.14. The fraction of sp³-hybridized carbons (Fsp3) is 0.391. The molecule has 0 fully saturated rings. The van der Waals surface area contributed by atoms with Gasteiger partial charge in [-0.3, -0.25) is 9.69 Å². The number of carbonyl (C=O) groups excluding carboxylic acids is 1. The van der Waals surface area contributed by atoms with Crippen LogP contribution in [0.1, 0.15) is 24.0 Å². The molecule has 1 aromatic heterocycles. The van der Waals surface area contributed by atoms with Crippen molar-refractivity contribution < 1.29 is 4.79 Å². The molecule has 0 N–H and O–H groups in total. The fourth-order valence-electron chi connectivity index (χ4n) is 3.01. The highest BCUT2D eigenvalue weighted by atomic mass is 35.5. The third kappa shape index (κ3) is 5.97. The Labute approximate surface area is 192 Å². The summed E-state index contributed by atoms with van der Waals surface area (Å²) >= 11 is 9.62. The number of fused-ring (bicyclic) bond motifs is 1. The van der Waals surface area contributed by atoms with E-state index < -0.39 is 0 Å². The van der Waals surface area contributed by atoms with Crippen LogP contribution < -0.4 is 4.90 Å². The Morgan fingerprint density at radius 3 is 2.53 bits per heavy atom. The first-order valence-corrected chi connectivity index (χ1v) is 12.2. The standard InChI is InChI=1S/C23H28ClN3OS2/c1-16-7-9-18(10-8-16)29-15-5-6-21(28)27(14-13-26(3)4)23-25-22-17(2)19(24)11-12-20(22)30-23/h7-12H,5-6,13-15H2,1-4H3. The minimum absolute atomic E-state index is 0.129. The highest BCUT2D eigenvalue weighted by molar-refractivity contribution is 7.99. The van der Waals surface area contributed by atoms with Crippen LogP contribution in [0.5, 0.6) is 0 Å². The number of carbonyl (C=O) groups is 1. The lowest BCUT2D eigenvalue weighted by atomic mass is 10.2. The number of nitrogens with zero attached hydrogens (tertiary/aromatic N) is 3. The Kier molecular flexibility index (Phi) is 8.17. The monoisotopic (exact) mass is 461 g/mol. The second-order valence-electron chi connectivity index (χ2n) is 7.63. The average molecular weight is 462 g/mol. The highest BCUT2D eigenvalue weighted by Gasteiger charge is 2.20. The van der Waals surface area contributed by atoms with E-state index in [9.17, 15) is 4.79 Å². The van der Waals surface area contributed by atoms with Crippen LogP contribution in [0.15, 0.2) is 41.3 Å². The molecule has 0 bridgehead atoms. The molecule has 0 aliphatic carbocycles. The zero-order chi connectivity index (χ0) is 21.7. The van der Waals surface area contributed by atoms with Gasteiger partial charge in [-0.15, -0.1) is 11.8 Å². The van der Waals surface area contributed by atoms with Crippen LogP contribution in [0.3, 0.4) is 0 Å². The normalized spacial score (nSPS) is 11.4. The molecule has 160 valence electrons. The van der Waals surface area contributed by atoms with Crippen molar-refractivity contribution >= 4 is 56.0 Å². The summed E-state index contributed by atoms with van der Waals surface area (Å²) in [6.45, 7) is 5.48. The van der Waals surface area contributed by atoms with Crippen molar-refractivity contribution in [1.82, 2.24) is 9.88 Å². The molecule has 3 rings (SSSR count). The van der Waals surface area contributed by atoms with Crippen LogP contribution in [0, 0.1) is 13.8 Å². The van der Waals surface area contributed by atoms with Gasteiger partial charge in [0.1, 0.15) is 0 Å². The predicted octanol–water partition coefficient (Wildman–Crippen LogP) is 6.03. The Balaban J connectivity index is 1.67. The maximum Gasteiger partial charge on any atom is 0.228 e. The number of amides is 1. The topological polar surface area (TPSA) is 36.4 Å². The molecule has 0 saturated carbocycles. The molecule has 0 unspecified atom stereocenters. The third-order valence-corrected chi connectivity index (χ3v) is 7.42. The van der Waals surface area contributed by atoms with E-state index in [4.69, 9.17) is 16.6 Å². The number of hydrogen-bond acceptors (Lipinski definition) is 5. The first-order valence-electron chi connectivity index (χ1n) is 10.1. The molecule has 1 amide bonds. The summed E-state index contributed by atoms with van der Waals surface area (Å²) in [6, 6.07) is 12.4. The van der Waals surface area contributed by atoms with Crippen LogP contribution in [-0.2, 0) is 4.79 Å². The number of benzene rings is 2. The lowest BCUT2D eigenvalue weighted by molar-refractivity contribution is -0.118. The molecule has 0 radical (unpaired) electrons. The summed E-state index contributed by atoms with van der Waals surface area (Å²) in [5.74, 6) is 1.05. The Bertz CT molecular complexity index is 1000. The molecule has 0 aliphatic heterocycles. The first kappa shape index (κ1) is 23.1. The summed E-state index contributed by atoms with van der Waals surface area (Å²) in [5, 5.41) is 1.46. The summed E-state index contributed by atoms with van der Waals surface area (Å²) in [4.78, 5) is 23.0. The minimum atomic E-state index is 0.129. The van der Waals surface area contributed by atoms with Gasteiger partial charge in [-0.05, 0) is 69.9 Å². The number of likely N-dealkylation sites (N-methyl/N-ethyl adjacent to an activating group) is 1. The van der Waals surface area contributed by atoms with Gasteiger partial charge < -0.3 is 4.90 Å². The number of rotatable bonds is 9. The van der Waals surface area contributed by atoms with E-state index in [0.29, 0.717) is 18.0 Å². The van der Waals surface area contributed by atoms with Gasteiger partial charge in [-0.25, -0.2) is 4.98 Å². The van der Waals surface area contributed by atoms with Gasteiger partial charge in [0.25, 0.3) is 0 Å². The van der Waals surface area contributed by atoms with Crippen molar-refractivity contribution in [3.63, 3.8) is 0 Å². The van der Waals surface area contributed by atoms with Gasteiger partial charge in [-0.1, -0.05) is 40.6 Å². The SMILES string of the molecule is Cc1ccc(SCCCC(=O)N(CCN(C)C)c2nc3c(C)c(Cl)ccc3s2)cc1. The van der Waals surface area contributed by atoms with Gasteiger partial charge in [0, 0.05) is 29.4 Å². The van der Waals surface area contributed by atoms with E-state index in [1.807, 2.05) is 38.1 Å². The van der Waals surface area contributed by atoms with Crippen molar-refractivity contribution in [2.75, 3.05) is 37.8 Å². The Hall–Kier alpha value is -1.60. The van der Waals surface area contributed by atoms with Gasteiger partial charge >= 0.3 is 0 Å². The van der Waals surface area contributed by atoms with E-state index in [-0.39, 0.29) is 5.91 Å². The predicted molar refractivity (Wildman–Crippen MR) is 131 cm³/mol. The minimum Gasteiger partial charge on any atom is -0.308 e. The lowest BCUT2D eigenvalue weighted by Gasteiger charge is -2.22. The number of thiazole rings is 1. The number of aromatic nitrogens is 1. The van der Waals surface area contributed by atoms with E-state index >= 15 is 0 Å². The third-order valence-electron chi connectivity index (χ3n) is 4.86. The Morgan fingerprint density at radius 2 is 1.83 bits per heavy atom. The second-order valence-corrected chi connectivity index (χ2v) is 10.2. The van der Waals surface area contributed by atoms with Crippen molar-refractivity contribution in [3.05, 3.63) is 52.5 Å². The van der Waals surface area contributed by atoms with Crippen molar-refractivity contribution in [1.29, 1.82) is 0 Å². The molecule has 3 aromatic rings. The van der Waals surface area contributed by atoms with Crippen LogP contribution in [-0.4, -0.2) is 48.7 Å². The molecule has 4 nitrogen and oxygen atoms in total. The van der Waals surface area contributed by atoms with Gasteiger partial charge in [0.05, 0.1) is 10.2 Å². The number of anilines is 1. The molecular formula is C23H28ClN3OS2.